The number of nitrogens with zero attached hydrogens (tertiary/aromatic N) is 2. The van der Waals surface area contributed by atoms with E-state index in [1.165, 1.54) is 11.3 Å². The highest BCUT2D eigenvalue weighted by Gasteiger charge is 2.32. The first-order valence-corrected chi connectivity index (χ1v) is 10.4. The van der Waals surface area contributed by atoms with E-state index in [0.29, 0.717) is 17.0 Å². The number of urea groups is 1. The van der Waals surface area contributed by atoms with Crippen LogP contribution >= 0.6 is 11.3 Å². The van der Waals surface area contributed by atoms with Gasteiger partial charge in [0.1, 0.15) is 5.01 Å². The van der Waals surface area contributed by atoms with Gasteiger partial charge in [0.05, 0.1) is 28.2 Å². The van der Waals surface area contributed by atoms with Gasteiger partial charge in [0.15, 0.2) is 0 Å². The number of allylic oxidation sites excluding steroid dienone is 1. The number of aromatic nitrogens is 3. The van der Waals surface area contributed by atoms with Crippen molar-refractivity contribution in [2.75, 3.05) is 5.32 Å². The summed E-state index contributed by atoms with van der Waals surface area (Å²) in [6.07, 6.45) is 3.41. The molecule has 3 amide bonds. The summed E-state index contributed by atoms with van der Waals surface area (Å²) < 4.78 is 0. The maximum absolute atomic E-state index is 13.2. The number of rotatable bonds is 4. The van der Waals surface area contributed by atoms with Crippen LogP contribution in [0.15, 0.2) is 72.2 Å². The molecule has 1 aliphatic heterocycles. The number of amides is 3. The van der Waals surface area contributed by atoms with Gasteiger partial charge in [-0.3, -0.25) is 9.89 Å². The lowest BCUT2D eigenvalue weighted by Crippen LogP contribution is -2.45. The second-order valence-corrected chi connectivity index (χ2v) is 8.19. The number of nitrogens with one attached hydrogen (secondary N) is 4. The molecular weight excluding hydrogens is 412 g/mol. The first kappa shape index (κ1) is 19.0. The molecule has 154 valence electrons. The molecule has 1 atom stereocenters. The van der Waals surface area contributed by atoms with E-state index < -0.39 is 6.04 Å². The molecule has 8 nitrogen and oxygen atoms in total. The maximum Gasteiger partial charge on any atom is 0.319 e. The summed E-state index contributed by atoms with van der Waals surface area (Å²) in [4.78, 5) is 30.7. The highest BCUT2D eigenvalue weighted by Crippen LogP contribution is 2.34. The third-order valence-corrected chi connectivity index (χ3v) is 6.15. The second kappa shape index (κ2) is 7.69. The summed E-state index contributed by atoms with van der Waals surface area (Å²) in [5, 5.41) is 17.1. The fourth-order valence-electron chi connectivity index (χ4n) is 3.56. The number of carbonyl (C=O) groups is 2. The van der Waals surface area contributed by atoms with Crippen LogP contribution in [0.25, 0.3) is 21.5 Å². The van der Waals surface area contributed by atoms with E-state index in [4.69, 9.17) is 0 Å². The Morgan fingerprint density at radius 3 is 2.81 bits per heavy atom. The number of carbonyl (C=O) groups excluding carboxylic acids is 2. The van der Waals surface area contributed by atoms with Crippen molar-refractivity contribution in [3.05, 3.63) is 77.1 Å². The van der Waals surface area contributed by atoms with Crippen LogP contribution in [-0.4, -0.2) is 27.1 Å². The van der Waals surface area contributed by atoms with Crippen LogP contribution in [0, 0.1) is 0 Å². The van der Waals surface area contributed by atoms with Gasteiger partial charge in [-0.2, -0.15) is 5.10 Å². The predicted molar refractivity (Wildman–Crippen MR) is 119 cm³/mol. The van der Waals surface area contributed by atoms with Gasteiger partial charge in [0.2, 0.25) is 0 Å². The zero-order valence-electron chi connectivity index (χ0n) is 16.5. The molecule has 1 unspecified atom stereocenters. The number of benzene rings is 2. The average molecular weight is 430 g/mol. The minimum absolute atomic E-state index is 0.299. The van der Waals surface area contributed by atoms with Crippen LogP contribution in [0.5, 0.6) is 0 Å². The smallest absolute Gasteiger partial charge is 0.319 e. The van der Waals surface area contributed by atoms with Crippen LogP contribution in [0.2, 0.25) is 0 Å². The van der Waals surface area contributed by atoms with E-state index in [9.17, 15) is 9.59 Å². The lowest BCUT2D eigenvalue weighted by atomic mass is 10.0. The number of H-pyrrole nitrogens is 1. The van der Waals surface area contributed by atoms with Gasteiger partial charge in [-0.05, 0) is 25.1 Å². The summed E-state index contributed by atoms with van der Waals surface area (Å²) >= 11 is 1.45. The topological polar surface area (TPSA) is 112 Å². The minimum Gasteiger partial charge on any atom is -0.326 e. The van der Waals surface area contributed by atoms with Gasteiger partial charge in [-0.15, -0.1) is 11.3 Å². The summed E-state index contributed by atoms with van der Waals surface area (Å²) in [5.41, 5.74) is 3.46. The Bertz CT molecular complexity index is 1320. The monoisotopic (exact) mass is 430 g/mol. The SMILES string of the molecule is CC1=C(C(=O)Nc2ccc3[nH]ncc3c2)C(c2cnc(-c3ccccc3)s2)NC(=O)N1. The number of fused-ring (bicyclic) bond motifs is 1. The molecule has 0 radical (unpaired) electrons. The summed E-state index contributed by atoms with van der Waals surface area (Å²) in [6.45, 7) is 1.72. The van der Waals surface area contributed by atoms with E-state index >= 15 is 0 Å². The van der Waals surface area contributed by atoms with Crippen molar-refractivity contribution in [2.45, 2.75) is 13.0 Å². The molecule has 2 aromatic heterocycles. The molecule has 0 saturated heterocycles. The lowest BCUT2D eigenvalue weighted by molar-refractivity contribution is -0.113. The predicted octanol–water partition coefficient (Wildman–Crippen LogP) is 3.95. The molecule has 1 aliphatic rings. The van der Waals surface area contributed by atoms with E-state index in [1.54, 1.807) is 25.4 Å². The molecule has 4 N–H and O–H groups in total. The Morgan fingerprint density at radius 2 is 1.97 bits per heavy atom. The Balaban J connectivity index is 1.46. The van der Waals surface area contributed by atoms with Crippen molar-refractivity contribution in [1.29, 1.82) is 0 Å². The van der Waals surface area contributed by atoms with E-state index in [1.807, 2.05) is 42.5 Å². The molecule has 0 fully saturated rings. The number of thiazole rings is 1. The van der Waals surface area contributed by atoms with Crippen LogP contribution in [-0.2, 0) is 4.79 Å². The zero-order chi connectivity index (χ0) is 21.4. The third kappa shape index (κ3) is 3.66. The molecular formula is C22H18N6O2S. The van der Waals surface area contributed by atoms with Crippen LogP contribution in [0.3, 0.4) is 0 Å². The first-order valence-electron chi connectivity index (χ1n) is 9.62. The van der Waals surface area contributed by atoms with Crippen molar-refractivity contribution in [3.8, 4) is 10.6 Å². The van der Waals surface area contributed by atoms with Gasteiger partial charge in [0.25, 0.3) is 5.91 Å². The molecule has 0 spiro atoms. The molecule has 4 aromatic rings. The number of aromatic amines is 1. The van der Waals surface area contributed by atoms with Gasteiger partial charge >= 0.3 is 6.03 Å². The highest BCUT2D eigenvalue weighted by molar-refractivity contribution is 7.15. The van der Waals surface area contributed by atoms with E-state index in [2.05, 4.69) is 31.1 Å². The second-order valence-electron chi connectivity index (χ2n) is 7.13. The van der Waals surface area contributed by atoms with Gasteiger partial charge in [0, 0.05) is 28.5 Å². The maximum atomic E-state index is 13.2. The summed E-state index contributed by atoms with van der Waals surface area (Å²) in [5.74, 6) is -0.299. The van der Waals surface area contributed by atoms with Gasteiger partial charge in [-0.1, -0.05) is 30.3 Å². The summed E-state index contributed by atoms with van der Waals surface area (Å²) in [7, 11) is 0. The molecule has 5 rings (SSSR count). The molecule has 31 heavy (non-hydrogen) atoms. The Kier molecular flexibility index (Phi) is 4.72. The Labute approximate surface area is 181 Å². The van der Waals surface area contributed by atoms with Crippen LogP contribution in [0.1, 0.15) is 17.8 Å². The zero-order valence-corrected chi connectivity index (χ0v) is 17.3. The van der Waals surface area contributed by atoms with Crippen molar-refractivity contribution in [3.63, 3.8) is 0 Å². The summed E-state index contributed by atoms with van der Waals surface area (Å²) in [6, 6.07) is 14.3. The molecule has 9 heteroatoms. The fraction of sp³-hybridized carbons (Fsp3) is 0.0909. The third-order valence-electron chi connectivity index (χ3n) is 5.04. The van der Waals surface area contributed by atoms with Crippen molar-refractivity contribution in [2.24, 2.45) is 0 Å². The van der Waals surface area contributed by atoms with E-state index in [0.717, 1.165) is 26.4 Å². The lowest BCUT2D eigenvalue weighted by Gasteiger charge is -2.27. The Morgan fingerprint density at radius 1 is 1.13 bits per heavy atom. The average Bonchev–Trinajstić information content (AvgIpc) is 3.43. The molecule has 3 heterocycles. The normalized spacial score (nSPS) is 16.2. The molecule has 0 saturated carbocycles. The largest absolute Gasteiger partial charge is 0.326 e. The highest BCUT2D eigenvalue weighted by atomic mass is 32.1. The number of anilines is 1. The van der Waals surface area contributed by atoms with Crippen molar-refractivity contribution >= 4 is 39.9 Å². The Hall–Kier alpha value is -3.98. The van der Waals surface area contributed by atoms with Gasteiger partial charge < -0.3 is 16.0 Å². The molecule has 0 aliphatic carbocycles. The van der Waals surface area contributed by atoms with Crippen molar-refractivity contribution < 1.29 is 9.59 Å². The number of hydrogen-bond donors (Lipinski definition) is 4. The van der Waals surface area contributed by atoms with E-state index in [-0.39, 0.29) is 11.9 Å². The fourth-order valence-corrected chi connectivity index (χ4v) is 4.54. The number of hydrogen-bond acceptors (Lipinski definition) is 5. The standard InChI is InChI=1S/C22H18N6O2S/c1-12-18(20(29)26-15-7-8-16-14(9-15)10-24-28-16)19(27-22(30)25-12)17-11-23-21(31-17)13-5-3-2-4-6-13/h2-11,19H,1H3,(H,24,28)(H,26,29)(H2,25,27,30). The quantitative estimate of drug-likeness (QED) is 0.393. The first-order chi connectivity index (χ1) is 15.1. The van der Waals surface area contributed by atoms with Crippen molar-refractivity contribution in [1.82, 2.24) is 25.8 Å². The minimum atomic E-state index is -0.596. The van der Waals surface area contributed by atoms with Crippen LogP contribution < -0.4 is 16.0 Å². The van der Waals surface area contributed by atoms with Gasteiger partial charge in [-0.25, -0.2) is 9.78 Å². The molecule has 0 bridgehead atoms. The van der Waals surface area contributed by atoms with Crippen LogP contribution in [0.4, 0.5) is 10.5 Å². The molecule has 2 aromatic carbocycles.